The van der Waals surface area contributed by atoms with Crippen LogP contribution in [0.25, 0.3) is 0 Å². The summed E-state index contributed by atoms with van der Waals surface area (Å²) in [5.41, 5.74) is 5.35. The molecular formula is C23H31N3O3. The van der Waals surface area contributed by atoms with Crippen molar-refractivity contribution in [1.82, 2.24) is 5.43 Å². The van der Waals surface area contributed by atoms with Crippen molar-refractivity contribution in [3.8, 4) is 5.75 Å². The molecule has 0 saturated heterocycles. The summed E-state index contributed by atoms with van der Waals surface area (Å²) in [6.07, 6.45) is 1.43. The number of aliphatic hydroxyl groups is 1. The van der Waals surface area contributed by atoms with E-state index in [1.54, 1.807) is 6.21 Å². The topological polar surface area (TPSA) is 74.2 Å². The maximum absolute atomic E-state index is 12.0. The lowest BCUT2D eigenvalue weighted by molar-refractivity contribution is -0.121. The minimum absolute atomic E-state index is 0.187. The van der Waals surface area contributed by atoms with Gasteiger partial charge in [-0.1, -0.05) is 24.3 Å². The second-order valence-electron chi connectivity index (χ2n) is 6.61. The van der Waals surface area contributed by atoms with E-state index in [0.717, 1.165) is 30.0 Å². The first-order valence-electron chi connectivity index (χ1n) is 10.1. The second kappa shape index (κ2) is 11.9. The van der Waals surface area contributed by atoms with Crippen molar-refractivity contribution in [3.05, 3.63) is 59.7 Å². The number of benzene rings is 2. The third-order valence-corrected chi connectivity index (χ3v) is 4.65. The van der Waals surface area contributed by atoms with Crippen LogP contribution >= 0.6 is 0 Å². The van der Waals surface area contributed by atoms with E-state index in [1.165, 1.54) is 5.69 Å². The lowest BCUT2D eigenvalue weighted by atomic mass is 10.0. The van der Waals surface area contributed by atoms with Crippen molar-refractivity contribution < 1.29 is 14.6 Å². The lowest BCUT2D eigenvalue weighted by Crippen LogP contribution is -2.21. The summed E-state index contributed by atoms with van der Waals surface area (Å²) in [6.45, 7) is 8.70. The summed E-state index contributed by atoms with van der Waals surface area (Å²) in [5, 5.41) is 14.2. The number of hydrogen-bond donors (Lipinski definition) is 2. The molecule has 2 rings (SSSR count). The van der Waals surface area contributed by atoms with E-state index in [1.807, 2.05) is 55.5 Å². The molecular weight excluding hydrogens is 366 g/mol. The van der Waals surface area contributed by atoms with Gasteiger partial charge in [0.2, 0.25) is 5.91 Å². The molecule has 1 atom stereocenters. The molecule has 2 N–H and O–H groups in total. The van der Waals surface area contributed by atoms with Gasteiger partial charge < -0.3 is 14.7 Å². The fourth-order valence-electron chi connectivity index (χ4n) is 2.98. The molecule has 2 aromatic carbocycles. The SMILES string of the molecule is CCOc1ccc([C@@H](O)CCC(=O)NN=Cc2ccc(N(CC)CC)cc2)cc1. The molecule has 0 bridgehead atoms. The van der Waals surface area contributed by atoms with E-state index >= 15 is 0 Å². The summed E-state index contributed by atoms with van der Waals surface area (Å²) in [5.74, 6) is 0.534. The van der Waals surface area contributed by atoms with Crippen LogP contribution < -0.4 is 15.1 Å². The molecule has 0 radical (unpaired) electrons. The van der Waals surface area contributed by atoms with E-state index in [-0.39, 0.29) is 12.3 Å². The van der Waals surface area contributed by atoms with Gasteiger partial charge in [0, 0.05) is 25.2 Å². The molecule has 0 fully saturated rings. The van der Waals surface area contributed by atoms with Crippen LogP contribution in [0.1, 0.15) is 50.8 Å². The number of rotatable bonds is 11. The van der Waals surface area contributed by atoms with Crippen molar-refractivity contribution in [3.63, 3.8) is 0 Å². The quantitative estimate of drug-likeness (QED) is 0.446. The van der Waals surface area contributed by atoms with Gasteiger partial charge in [0.1, 0.15) is 5.75 Å². The van der Waals surface area contributed by atoms with Crippen molar-refractivity contribution in [1.29, 1.82) is 0 Å². The molecule has 0 unspecified atom stereocenters. The molecule has 2 aromatic rings. The Labute approximate surface area is 173 Å². The molecule has 29 heavy (non-hydrogen) atoms. The van der Waals surface area contributed by atoms with Crippen molar-refractivity contribution in [2.24, 2.45) is 5.10 Å². The third-order valence-electron chi connectivity index (χ3n) is 4.65. The summed E-state index contributed by atoms with van der Waals surface area (Å²) in [6, 6.07) is 15.3. The summed E-state index contributed by atoms with van der Waals surface area (Å²) in [7, 11) is 0. The maximum atomic E-state index is 12.0. The molecule has 6 nitrogen and oxygen atoms in total. The number of ether oxygens (including phenoxy) is 1. The number of aliphatic hydroxyl groups excluding tert-OH is 1. The Morgan fingerprint density at radius 1 is 1.10 bits per heavy atom. The molecule has 156 valence electrons. The molecule has 0 heterocycles. The van der Waals surface area contributed by atoms with E-state index in [0.29, 0.717) is 13.0 Å². The van der Waals surface area contributed by atoms with Crippen LogP contribution in [0.15, 0.2) is 53.6 Å². The zero-order valence-corrected chi connectivity index (χ0v) is 17.5. The Bertz CT molecular complexity index is 769. The van der Waals surface area contributed by atoms with Gasteiger partial charge in [-0.2, -0.15) is 5.10 Å². The van der Waals surface area contributed by atoms with Crippen LogP contribution in [0.5, 0.6) is 5.75 Å². The highest BCUT2D eigenvalue weighted by Gasteiger charge is 2.10. The van der Waals surface area contributed by atoms with E-state index in [2.05, 4.69) is 29.3 Å². The number of anilines is 1. The van der Waals surface area contributed by atoms with Crippen LogP contribution in [0.2, 0.25) is 0 Å². The van der Waals surface area contributed by atoms with Crippen LogP contribution in [0.4, 0.5) is 5.69 Å². The standard InChI is InChI=1S/C23H31N3O3/c1-4-26(5-2)20-11-7-18(8-12-20)17-24-25-23(28)16-15-22(27)19-9-13-21(14-10-19)29-6-3/h7-14,17,22,27H,4-6,15-16H2,1-3H3,(H,25,28)/t22-/m0/s1. The Morgan fingerprint density at radius 3 is 2.34 bits per heavy atom. The fraction of sp³-hybridized carbons (Fsp3) is 0.391. The van der Waals surface area contributed by atoms with E-state index in [4.69, 9.17) is 4.74 Å². The first-order chi connectivity index (χ1) is 14.1. The Balaban J connectivity index is 1.77. The number of hydrogen-bond acceptors (Lipinski definition) is 5. The van der Waals surface area contributed by atoms with E-state index in [9.17, 15) is 9.90 Å². The number of nitrogens with zero attached hydrogens (tertiary/aromatic N) is 2. The first kappa shape index (κ1) is 22.4. The predicted octanol–water partition coefficient (Wildman–Crippen LogP) is 3.90. The Morgan fingerprint density at radius 2 is 1.76 bits per heavy atom. The van der Waals surface area contributed by atoms with Crippen molar-refractivity contribution >= 4 is 17.8 Å². The van der Waals surface area contributed by atoms with E-state index < -0.39 is 6.10 Å². The largest absolute Gasteiger partial charge is 0.494 e. The van der Waals surface area contributed by atoms with Crippen molar-refractivity contribution in [2.45, 2.75) is 39.7 Å². The molecule has 0 aliphatic rings. The molecule has 1 amide bonds. The number of amides is 1. The second-order valence-corrected chi connectivity index (χ2v) is 6.61. The Kier molecular flexibility index (Phi) is 9.18. The summed E-state index contributed by atoms with van der Waals surface area (Å²) in [4.78, 5) is 14.2. The van der Waals surface area contributed by atoms with Gasteiger partial charge >= 0.3 is 0 Å². The minimum atomic E-state index is -0.701. The number of nitrogens with one attached hydrogen (secondary N) is 1. The van der Waals surface area contributed by atoms with Gasteiger partial charge in [-0.05, 0) is 62.6 Å². The number of hydrazone groups is 1. The molecule has 0 aromatic heterocycles. The number of carbonyl (C=O) groups is 1. The van der Waals surface area contributed by atoms with Gasteiger partial charge in [0.15, 0.2) is 0 Å². The molecule has 0 aliphatic carbocycles. The van der Waals surface area contributed by atoms with Crippen LogP contribution in [0.3, 0.4) is 0 Å². The minimum Gasteiger partial charge on any atom is -0.494 e. The zero-order valence-electron chi connectivity index (χ0n) is 17.5. The first-order valence-corrected chi connectivity index (χ1v) is 10.1. The average Bonchev–Trinajstić information content (AvgIpc) is 2.75. The highest BCUT2D eigenvalue weighted by atomic mass is 16.5. The average molecular weight is 398 g/mol. The normalized spacial score (nSPS) is 12.0. The van der Waals surface area contributed by atoms with Crippen LogP contribution in [-0.4, -0.2) is 36.9 Å². The summed E-state index contributed by atoms with van der Waals surface area (Å²) >= 11 is 0. The van der Waals surface area contributed by atoms with Gasteiger partial charge in [-0.15, -0.1) is 0 Å². The highest BCUT2D eigenvalue weighted by molar-refractivity contribution is 5.82. The lowest BCUT2D eigenvalue weighted by Gasteiger charge is -2.20. The maximum Gasteiger partial charge on any atom is 0.240 e. The van der Waals surface area contributed by atoms with Gasteiger partial charge in [0.05, 0.1) is 18.9 Å². The molecule has 0 aliphatic heterocycles. The van der Waals surface area contributed by atoms with Crippen molar-refractivity contribution in [2.75, 3.05) is 24.6 Å². The highest BCUT2D eigenvalue weighted by Crippen LogP contribution is 2.21. The fourth-order valence-corrected chi connectivity index (χ4v) is 2.98. The zero-order chi connectivity index (χ0) is 21.1. The van der Waals surface area contributed by atoms with Gasteiger partial charge in [-0.3, -0.25) is 4.79 Å². The smallest absolute Gasteiger partial charge is 0.240 e. The van der Waals surface area contributed by atoms with Crippen LogP contribution in [-0.2, 0) is 4.79 Å². The Hall–Kier alpha value is -2.86. The van der Waals surface area contributed by atoms with Crippen LogP contribution in [0, 0.1) is 0 Å². The summed E-state index contributed by atoms with van der Waals surface area (Å²) < 4.78 is 5.39. The molecule has 0 spiro atoms. The molecule has 6 heteroatoms. The predicted molar refractivity (Wildman–Crippen MR) is 118 cm³/mol. The van der Waals surface area contributed by atoms with Gasteiger partial charge in [0.25, 0.3) is 0 Å². The third kappa shape index (κ3) is 7.23. The monoisotopic (exact) mass is 397 g/mol. The molecule has 0 saturated carbocycles. The number of carbonyl (C=O) groups excluding carboxylic acids is 1. The van der Waals surface area contributed by atoms with Gasteiger partial charge in [-0.25, -0.2) is 5.43 Å².